The monoisotopic (exact) mass is 269 g/mol. The van der Waals surface area contributed by atoms with Gasteiger partial charge in [-0.15, -0.1) is 0 Å². The van der Waals surface area contributed by atoms with E-state index < -0.39 is 0 Å². The van der Waals surface area contributed by atoms with Gasteiger partial charge in [0.2, 0.25) is 0 Å². The number of aliphatic hydroxyl groups is 1. The molecule has 1 aromatic rings. The highest BCUT2D eigenvalue weighted by Gasteiger charge is 2.32. The fourth-order valence-corrected chi connectivity index (χ4v) is 2.89. The van der Waals surface area contributed by atoms with E-state index in [9.17, 15) is 0 Å². The van der Waals surface area contributed by atoms with Gasteiger partial charge in [-0.1, -0.05) is 18.5 Å². The molecule has 0 radical (unpaired) electrons. The fraction of sp³-hybridized carbons (Fsp3) is 0.615. The molecule has 100 valence electrons. The molecule has 2 unspecified atom stereocenters. The first kappa shape index (κ1) is 13.6. The summed E-state index contributed by atoms with van der Waals surface area (Å²) >= 11 is 6.23. The Kier molecular flexibility index (Phi) is 4.10. The molecule has 0 aliphatic carbocycles. The van der Waals surface area contributed by atoms with Crippen molar-refractivity contribution in [1.82, 2.24) is 9.88 Å². The number of rotatable bonds is 3. The Morgan fingerprint density at radius 2 is 2.22 bits per heavy atom. The highest BCUT2D eigenvalue weighted by atomic mass is 35.5. The molecule has 1 aliphatic heterocycles. The summed E-state index contributed by atoms with van der Waals surface area (Å²) in [7, 11) is 4.21. The zero-order valence-corrected chi connectivity index (χ0v) is 11.9. The van der Waals surface area contributed by atoms with Gasteiger partial charge >= 0.3 is 0 Å². The number of hydrogen-bond acceptors (Lipinski definition) is 4. The van der Waals surface area contributed by atoms with Crippen LogP contribution in [0.1, 0.15) is 12.5 Å². The van der Waals surface area contributed by atoms with Crippen molar-refractivity contribution >= 4 is 17.4 Å². The highest BCUT2D eigenvalue weighted by Crippen LogP contribution is 2.30. The average molecular weight is 270 g/mol. The summed E-state index contributed by atoms with van der Waals surface area (Å²) in [6.45, 7) is 4.14. The largest absolute Gasteiger partial charge is 0.392 e. The highest BCUT2D eigenvalue weighted by molar-refractivity contribution is 6.33. The molecule has 2 rings (SSSR count). The SMILES string of the molecule is CC1CN(c2ncc(CO)cc2Cl)CC1N(C)C. The molecule has 0 bridgehead atoms. The molecule has 18 heavy (non-hydrogen) atoms. The van der Waals surface area contributed by atoms with Gasteiger partial charge in [0.15, 0.2) is 0 Å². The molecule has 0 saturated carbocycles. The fourth-order valence-electron chi connectivity index (χ4n) is 2.58. The maximum Gasteiger partial charge on any atom is 0.147 e. The van der Waals surface area contributed by atoms with E-state index in [0.717, 1.165) is 24.5 Å². The third-order valence-electron chi connectivity index (χ3n) is 3.60. The van der Waals surface area contributed by atoms with Crippen LogP contribution in [-0.4, -0.2) is 48.2 Å². The van der Waals surface area contributed by atoms with Gasteiger partial charge < -0.3 is 14.9 Å². The number of aromatic nitrogens is 1. The lowest BCUT2D eigenvalue weighted by molar-refractivity contribution is 0.266. The molecular formula is C13H20ClN3O. The summed E-state index contributed by atoms with van der Waals surface area (Å²) in [5.41, 5.74) is 0.750. The molecule has 1 aliphatic rings. The van der Waals surface area contributed by atoms with E-state index in [2.05, 4.69) is 35.8 Å². The van der Waals surface area contributed by atoms with Gasteiger partial charge in [-0.25, -0.2) is 4.98 Å². The topological polar surface area (TPSA) is 39.6 Å². The van der Waals surface area contributed by atoms with Gasteiger partial charge in [-0.3, -0.25) is 0 Å². The van der Waals surface area contributed by atoms with E-state index in [0.29, 0.717) is 17.0 Å². The first-order valence-electron chi connectivity index (χ1n) is 6.19. The number of halogens is 1. The van der Waals surface area contributed by atoms with Crippen LogP contribution in [0, 0.1) is 5.92 Å². The molecule has 2 atom stereocenters. The Morgan fingerprint density at radius 1 is 1.50 bits per heavy atom. The van der Waals surface area contributed by atoms with Crippen molar-refractivity contribution in [3.8, 4) is 0 Å². The van der Waals surface area contributed by atoms with Crippen LogP contribution in [-0.2, 0) is 6.61 Å². The molecule has 0 amide bonds. The van der Waals surface area contributed by atoms with Gasteiger partial charge in [0.1, 0.15) is 5.82 Å². The van der Waals surface area contributed by atoms with Crippen LogP contribution < -0.4 is 4.90 Å². The van der Waals surface area contributed by atoms with Gasteiger partial charge in [0.25, 0.3) is 0 Å². The van der Waals surface area contributed by atoms with Gasteiger partial charge in [0, 0.05) is 25.3 Å². The van der Waals surface area contributed by atoms with Crippen molar-refractivity contribution in [3.63, 3.8) is 0 Å². The van der Waals surface area contributed by atoms with E-state index in [1.807, 2.05) is 0 Å². The minimum absolute atomic E-state index is 0.0241. The van der Waals surface area contributed by atoms with Crippen LogP contribution in [0.3, 0.4) is 0 Å². The zero-order chi connectivity index (χ0) is 13.3. The maximum absolute atomic E-state index is 9.06. The summed E-state index contributed by atoms with van der Waals surface area (Å²) in [5.74, 6) is 1.42. The van der Waals surface area contributed by atoms with Crippen molar-refractivity contribution in [2.45, 2.75) is 19.6 Å². The maximum atomic E-state index is 9.06. The van der Waals surface area contributed by atoms with Crippen LogP contribution in [0.2, 0.25) is 5.02 Å². The van der Waals surface area contributed by atoms with Crippen molar-refractivity contribution in [1.29, 1.82) is 0 Å². The van der Waals surface area contributed by atoms with Crippen LogP contribution in [0.4, 0.5) is 5.82 Å². The van der Waals surface area contributed by atoms with E-state index in [4.69, 9.17) is 16.7 Å². The lowest BCUT2D eigenvalue weighted by Gasteiger charge is -2.23. The van der Waals surface area contributed by atoms with Crippen LogP contribution >= 0.6 is 11.6 Å². The number of aliphatic hydroxyl groups excluding tert-OH is 1. The number of anilines is 1. The van der Waals surface area contributed by atoms with Crippen molar-refractivity contribution < 1.29 is 5.11 Å². The van der Waals surface area contributed by atoms with E-state index in [1.165, 1.54) is 0 Å². The molecule has 1 N–H and O–H groups in total. The standard InChI is InChI=1S/C13H20ClN3O/c1-9-6-17(7-12(9)16(2)3)13-11(14)4-10(8-18)5-15-13/h4-5,9,12,18H,6-8H2,1-3H3. The second-order valence-corrected chi connectivity index (χ2v) is 5.63. The van der Waals surface area contributed by atoms with Gasteiger partial charge in [0.05, 0.1) is 11.6 Å². The minimum atomic E-state index is -0.0241. The lowest BCUT2D eigenvalue weighted by Crippen LogP contribution is -2.34. The first-order valence-corrected chi connectivity index (χ1v) is 6.57. The molecule has 1 saturated heterocycles. The van der Waals surface area contributed by atoms with Crippen LogP contribution in [0.25, 0.3) is 0 Å². The van der Waals surface area contributed by atoms with E-state index in [1.54, 1.807) is 12.3 Å². The Balaban J connectivity index is 2.18. The second-order valence-electron chi connectivity index (χ2n) is 5.22. The van der Waals surface area contributed by atoms with E-state index in [-0.39, 0.29) is 6.61 Å². The Labute approximate surface area is 113 Å². The normalized spacial score (nSPS) is 24.0. The van der Waals surface area contributed by atoms with E-state index >= 15 is 0 Å². The molecule has 2 heterocycles. The molecule has 4 nitrogen and oxygen atoms in total. The Bertz CT molecular complexity index is 425. The molecular weight excluding hydrogens is 250 g/mol. The molecule has 0 spiro atoms. The summed E-state index contributed by atoms with van der Waals surface area (Å²) in [4.78, 5) is 8.85. The second kappa shape index (κ2) is 5.43. The summed E-state index contributed by atoms with van der Waals surface area (Å²) in [6, 6.07) is 2.32. The molecule has 1 fully saturated rings. The summed E-state index contributed by atoms with van der Waals surface area (Å²) < 4.78 is 0. The van der Waals surface area contributed by atoms with Gasteiger partial charge in [-0.2, -0.15) is 0 Å². The zero-order valence-electron chi connectivity index (χ0n) is 11.1. The number of nitrogens with zero attached hydrogens (tertiary/aromatic N) is 3. The Morgan fingerprint density at radius 3 is 2.72 bits per heavy atom. The van der Waals surface area contributed by atoms with Crippen LogP contribution in [0.5, 0.6) is 0 Å². The van der Waals surface area contributed by atoms with Crippen LogP contribution in [0.15, 0.2) is 12.3 Å². The van der Waals surface area contributed by atoms with Gasteiger partial charge in [-0.05, 0) is 31.6 Å². The molecule has 1 aromatic heterocycles. The number of pyridine rings is 1. The van der Waals surface area contributed by atoms with Crippen molar-refractivity contribution in [2.75, 3.05) is 32.1 Å². The average Bonchev–Trinajstić information content (AvgIpc) is 2.71. The predicted molar refractivity (Wildman–Crippen MR) is 74.0 cm³/mol. The third-order valence-corrected chi connectivity index (χ3v) is 3.87. The summed E-state index contributed by atoms with van der Waals surface area (Å²) in [6.07, 6.45) is 1.69. The smallest absolute Gasteiger partial charge is 0.147 e. The Hall–Kier alpha value is -0.840. The van der Waals surface area contributed by atoms with Crippen molar-refractivity contribution in [3.05, 3.63) is 22.8 Å². The summed E-state index contributed by atoms with van der Waals surface area (Å²) in [5, 5.41) is 9.67. The number of hydrogen-bond donors (Lipinski definition) is 1. The lowest BCUT2D eigenvalue weighted by atomic mass is 10.1. The third kappa shape index (κ3) is 2.60. The number of likely N-dealkylation sites (N-methyl/N-ethyl adjacent to an activating group) is 1. The molecule has 5 heteroatoms. The van der Waals surface area contributed by atoms with Crippen molar-refractivity contribution in [2.24, 2.45) is 5.92 Å². The molecule has 0 aromatic carbocycles. The quantitative estimate of drug-likeness (QED) is 0.905. The first-order chi connectivity index (χ1) is 8.52. The minimum Gasteiger partial charge on any atom is -0.392 e. The predicted octanol–water partition coefficient (Wildman–Crippen LogP) is 1.61.